The van der Waals surface area contributed by atoms with Crippen LogP contribution in [0.25, 0.3) is 0 Å². The first-order valence-electron chi connectivity index (χ1n) is 3.18. The number of aromatic nitrogens is 1. The number of hydrogen-bond acceptors (Lipinski definition) is 1. The number of hydrogen-bond donors (Lipinski definition) is 1. The minimum Gasteiger partial charge on any atom is -0.349 e. The Bertz CT molecular complexity index is 182. The van der Waals surface area contributed by atoms with Gasteiger partial charge in [0.25, 0.3) is 0 Å². The molecule has 2 nitrogen and oxygen atoms in total. The lowest BCUT2D eigenvalue weighted by molar-refractivity contribution is 0.588. The van der Waals surface area contributed by atoms with E-state index in [-0.39, 0.29) is 0 Å². The summed E-state index contributed by atoms with van der Waals surface area (Å²) in [5.41, 5.74) is 1.28. The minimum absolute atomic E-state index is 1.06. The quantitative estimate of drug-likeness (QED) is 0.532. The SMILES string of the molecule is [CH]1NCCn2cccc21. The highest BCUT2D eigenvalue weighted by Gasteiger charge is 2.04. The summed E-state index contributed by atoms with van der Waals surface area (Å²) in [6.45, 7) is 4.20. The third kappa shape index (κ3) is 0.754. The Balaban J connectivity index is 2.39. The molecule has 0 fully saturated rings. The van der Waals surface area contributed by atoms with Crippen LogP contribution in [0.3, 0.4) is 0 Å². The smallest absolute Gasteiger partial charge is 0.0688 e. The minimum atomic E-state index is 1.06. The van der Waals surface area contributed by atoms with Gasteiger partial charge in [0.15, 0.2) is 0 Å². The van der Waals surface area contributed by atoms with Crippen LogP contribution in [0, 0.1) is 6.54 Å². The monoisotopic (exact) mass is 121 g/mol. The lowest BCUT2D eigenvalue weighted by Crippen LogP contribution is -2.25. The molecule has 1 radical (unpaired) electrons. The van der Waals surface area contributed by atoms with Gasteiger partial charge in [-0.1, -0.05) is 0 Å². The van der Waals surface area contributed by atoms with Gasteiger partial charge in [0.05, 0.1) is 6.54 Å². The Labute approximate surface area is 54.5 Å². The summed E-state index contributed by atoms with van der Waals surface area (Å²) in [7, 11) is 0. The van der Waals surface area contributed by atoms with Crippen LogP contribution in [0.15, 0.2) is 18.3 Å². The second-order valence-corrected chi connectivity index (χ2v) is 2.22. The predicted octanol–water partition coefficient (Wildman–Crippen LogP) is 0.601. The van der Waals surface area contributed by atoms with Crippen molar-refractivity contribution in [3.63, 3.8) is 0 Å². The molecular weight excluding hydrogens is 112 g/mol. The fourth-order valence-electron chi connectivity index (χ4n) is 1.12. The number of nitrogens with one attached hydrogen (secondary N) is 1. The molecule has 2 heterocycles. The molecule has 0 aliphatic carbocycles. The van der Waals surface area contributed by atoms with E-state index in [1.165, 1.54) is 5.69 Å². The van der Waals surface area contributed by atoms with Gasteiger partial charge >= 0.3 is 0 Å². The van der Waals surface area contributed by atoms with Gasteiger partial charge in [0.2, 0.25) is 0 Å². The van der Waals surface area contributed by atoms with Crippen LogP contribution in [0.5, 0.6) is 0 Å². The van der Waals surface area contributed by atoms with E-state index in [1.807, 2.05) is 6.54 Å². The molecule has 0 spiro atoms. The molecule has 0 aromatic carbocycles. The van der Waals surface area contributed by atoms with Crippen molar-refractivity contribution in [3.8, 4) is 0 Å². The van der Waals surface area contributed by atoms with Gasteiger partial charge in [-0.25, -0.2) is 0 Å². The fourth-order valence-corrected chi connectivity index (χ4v) is 1.12. The van der Waals surface area contributed by atoms with Gasteiger partial charge in [-0.05, 0) is 12.1 Å². The highest BCUT2D eigenvalue weighted by atomic mass is 15.1. The van der Waals surface area contributed by atoms with Crippen molar-refractivity contribution >= 4 is 0 Å². The standard InChI is InChI=1S/C7H9N2/c1-2-7-6-8-3-5-9(7)4-1/h1-2,4,6,8H,3,5H2. The topological polar surface area (TPSA) is 17.0 Å². The Kier molecular flexibility index (Phi) is 1.06. The van der Waals surface area contributed by atoms with E-state index in [0.717, 1.165) is 13.1 Å². The zero-order chi connectivity index (χ0) is 6.10. The maximum absolute atomic E-state index is 3.18. The summed E-state index contributed by atoms with van der Waals surface area (Å²) in [4.78, 5) is 0. The third-order valence-electron chi connectivity index (χ3n) is 1.61. The fraction of sp³-hybridized carbons (Fsp3) is 0.286. The summed E-state index contributed by atoms with van der Waals surface area (Å²) in [6.07, 6.45) is 2.10. The van der Waals surface area contributed by atoms with Crippen LogP contribution in [0.4, 0.5) is 0 Å². The van der Waals surface area contributed by atoms with E-state index in [4.69, 9.17) is 0 Å². The third-order valence-corrected chi connectivity index (χ3v) is 1.61. The first-order chi connectivity index (χ1) is 4.47. The second-order valence-electron chi connectivity index (χ2n) is 2.22. The van der Waals surface area contributed by atoms with Crippen LogP contribution in [-0.4, -0.2) is 11.1 Å². The molecule has 1 aliphatic rings. The molecule has 47 valence electrons. The lowest BCUT2D eigenvalue weighted by atomic mass is 10.3. The summed E-state index contributed by atoms with van der Waals surface area (Å²) in [5.74, 6) is 0. The van der Waals surface area contributed by atoms with Gasteiger partial charge in [0.1, 0.15) is 0 Å². The predicted molar refractivity (Wildman–Crippen MR) is 35.8 cm³/mol. The molecule has 2 heteroatoms. The van der Waals surface area contributed by atoms with Crippen LogP contribution < -0.4 is 5.32 Å². The average Bonchev–Trinajstić information content (AvgIpc) is 2.33. The Morgan fingerprint density at radius 1 is 1.56 bits per heavy atom. The molecule has 0 atom stereocenters. The van der Waals surface area contributed by atoms with E-state index in [2.05, 4.69) is 28.2 Å². The zero-order valence-electron chi connectivity index (χ0n) is 5.17. The first-order valence-corrected chi connectivity index (χ1v) is 3.18. The first kappa shape index (κ1) is 5.06. The molecule has 1 aliphatic heterocycles. The van der Waals surface area contributed by atoms with Crippen molar-refractivity contribution in [1.29, 1.82) is 0 Å². The second kappa shape index (κ2) is 1.88. The highest BCUT2D eigenvalue weighted by molar-refractivity contribution is 5.16. The lowest BCUT2D eigenvalue weighted by Gasteiger charge is -2.14. The van der Waals surface area contributed by atoms with Crippen molar-refractivity contribution in [2.24, 2.45) is 0 Å². The van der Waals surface area contributed by atoms with Gasteiger partial charge in [-0.15, -0.1) is 0 Å². The van der Waals surface area contributed by atoms with Gasteiger partial charge in [-0.3, -0.25) is 0 Å². The molecular formula is C7H9N2. The summed E-state index contributed by atoms with van der Waals surface area (Å²) in [5, 5.41) is 3.18. The van der Waals surface area contributed by atoms with E-state index in [9.17, 15) is 0 Å². The zero-order valence-corrected chi connectivity index (χ0v) is 5.17. The maximum Gasteiger partial charge on any atom is 0.0688 e. The van der Waals surface area contributed by atoms with Crippen LogP contribution in [0.2, 0.25) is 0 Å². The van der Waals surface area contributed by atoms with E-state index >= 15 is 0 Å². The molecule has 0 unspecified atom stereocenters. The number of rotatable bonds is 0. The highest BCUT2D eigenvalue weighted by Crippen LogP contribution is 2.05. The Morgan fingerprint density at radius 3 is 3.44 bits per heavy atom. The van der Waals surface area contributed by atoms with Gasteiger partial charge in [0, 0.05) is 25.0 Å². The van der Waals surface area contributed by atoms with E-state index < -0.39 is 0 Å². The summed E-state index contributed by atoms with van der Waals surface area (Å²) < 4.78 is 2.23. The van der Waals surface area contributed by atoms with Crippen LogP contribution in [-0.2, 0) is 6.54 Å². The average molecular weight is 121 g/mol. The van der Waals surface area contributed by atoms with Crippen LogP contribution in [0.1, 0.15) is 5.69 Å². The molecule has 9 heavy (non-hydrogen) atoms. The van der Waals surface area contributed by atoms with E-state index in [0.29, 0.717) is 0 Å². The molecule has 0 amide bonds. The molecule has 2 rings (SSSR count). The molecule has 0 bridgehead atoms. The summed E-state index contributed by atoms with van der Waals surface area (Å²) in [6, 6.07) is 4.17. The van der Waals surface area contributed by atoms with Crippen molar-refractivity contribution < 1.29 is 0 Å². The van der Waals surface area contributed by atoms with Crippen molar-refractivity contribution in [3.05, 3.63) is 30.6 Å². The van der Waals surface area contributed by atoms with Crippen LogP contribution >= 0.6 is 0 Å². The molecule has 1 N–H and O–H groups in total. The normalized spacial score (nSPS) is 17.3. The number of nitrogens with zero attached hydrogens (tertiary/aromatic N) is 1. The van der Waals surface area contributed by atoms with Gasteiger partial charge in [-0.2, -0.15) is 0 Å². The Morgan fingerprint density at radius 2 is 2.56 bits per heavy atom. The molecule has 0 saturated heterocycles. The molecule has 0 saturated carbocycles. The summed E-state index contributed by atoms with van der Waals surface area (Å²) >= 11 is 0. The van der Waals surface area contributed by atoms with Gasteiger partial charge < -0.3 is 9.88 Å². The van der Waals surface area contributed by atoms with Crippen molar-refractivity contribution in [1.82, 2.24) is 9.88 Å². The van der Waals surface area contributed by atoms with Crippen molar-refractivity contribution in [2.75, 3.05) is 6.54 Å². The molecule has 1 aromatic heterocycles. The Hall–Kier alpha value is -0.760. The number of fused-ring (bicyclic) bond motifs is 1. The van der Waals surface area contributed by atoms with Crippen molar-refractivity contribution in [2.45, 2.75) is 6.54 Å². The maximum atomic E-state index is 3.18. The molecule has 1 aromatic rings. The van der Waals surface area contributed by atoms with E-state index in [1.54, 1.807) is 0 Å². The largest absolute Gasteiger partial charge is 0.349 e.